The van der Waals surface area contributed by atoms with Gasteiger partial charge in [0.1, 0.15) is 5.75 Å². The minimum Gasteiger partial charge on any atom is -0.497 e. The van der Waals surface area contributed by atoms with Gasteiger partial charge in [0.15, 0.2) is 5.60 Å². The lowest BCUT2D eigenvalue weighted by molar-refractivity contribution is -0.154. The number of hydrogen-bond acceptors (Lipinski definition) is 7. The van der Waals surface area contributed by atoms with Crippen LogP contribution in [0.25, 0.3) is 0 Å². The van der Waals surface area contributed by atoms with Crippen LogP contribution in [0.2, 0.25) is 0 Å². The van der Waals surface area contributed by atoms with Gasteiger partial charge in [-0.15, -0.1) is 0 Å². The molecule has 0 aromatic heterocycles. The van der Waals surface area contributed by atoms with Crippen LogP contribution in [0.4, 0.5) is 18.9 Å². The zero-order chi connectivity index (χ0) is 34.9. The first-order chi connectivity index (χ1) is 23.5. The van der Waals surface area contributed by atoms with Gasteiger partial charge in [-0.2, -0.15) is 13.2 Å². The van der Waals surface area contributed by atoms with E-state index in [0.717, 1.165) is 48.6 Å². The number of hydrogen-bond donors (Lipinski definition) is 1. The van der Waals surface area contributed by atoms with E-state index in [1.807, 2.05) is 34.1 Å². The van der Waals surface area contributed by atoms with Crippen molar-refractivity contribution >= 4 is 17.6 Å². The average molecular weight is 688 g/mol. The molecule has 1 saturated carbocycles. The lowest BCUT2D eigenvalue weighted by Gasteiger charge is -2.36. The molecule has 0 bridgehead atoms. The third-order valence-electron chi connectivity index (χ3n) is 11.6. The Morgan fingerprint density at radius 3 is 2.22 bits per heavy atom. The van der Waals surface area contributed by atoms with Crippen LogP contribution in [0.3, 0.4) is 0 Å². The van der Waals surface area contributed by atoms with Crippen molar-refractivity contribution in [2.75, 3.05) is 72.1 Å². The number of benzene rings is 2. The van der Waals surface area contributed by atoms with Gasteiger partial charge in [-0.25, -0.2) is 0 Å². The fourth-order valence-corrected chi connectivity index (χ4v) is 8.84. The molecule has 3 aliphatic heterocycles. The zero-order valence-electron chi connectivity index (χ0n) is 28.6. The molecule has 4 aliphatic rings. The van der Waals surface area contributed by atoms with Gasteiger partial charge in [-0.05, 0) is 61.1 Å². The average Bonchev–Trinajstić information content (AvgIpc) is 3.87. The highest BCUT2D eigenvalue weighted by atomic mass is 19.4. The van der Waals surface area contributed by atoms with Crippen molar-refractivity contribution in [3.63, 3.8) is 0 Å². The third-order valence-corrected chi connectivity index (χ3v) is 11.6. The number of likely N-dealkylation sites (tertiary alicyclic amines) is 2. The lowest BCUT2D eigenvalue weighted by Crippen LogP contribution is -2.54. The summed E-state index contributed by atoms with van der Waals surface area (Å²) in [4.78, 5) is 32.7. The monoisotopic (exact) mass is 687 g/mol. The van der Waals surface area contributed by atoms with Gasteiger partial charge >= 0.3 is 12.1 Å². The van der Waals surface area contributed by atoms with Crippen LogP contribution in [0.1, 0.15) is 67.1 Å². The Morgan fingerprint density at radius 1 is 0.939 bits per heavy atom. The second-order valence-corrected chi connectivity index (χ2v) is 14.2. The Balaban J connectivity index is 1.33. The molecule has 0 radical (unpaired) electrons. The minimum atomic E-state index is -4.54. The van der Waals surface area contributed by atoms with E-state index in [4.69, 9.17) is 14.2 Å². The maximum absolute atomic E-state index is 15.0. The molecule has 4 atom stereocenters. The molecule has 268 valence electrons. The molecule has 0 unspecified atom stereocenters. The first kappa shape index (κ1) is 35.5. The number of carboxylic acid groups (broad SMARTS) is 1. The molecule has 1 amide bonds. The fourth-order valence-electron chi connectivity index (χ4n) is 8.84. The summed E-state index contributed by atoms with van der Waals surface area (Å²) in [7, 11) is 4.83. The summed E-state index contributed by atoms with van der Waals surface area (Å²) in [5.41, 5.74) is 0.266. The standard InChI is InChI=1S/C37H48F3N3O6/c1-47-22-26-19-42(20-31(26)30-13-10-27(37(38,39)40)18-33(30)41-16-14-25(15-17-41)34(44)45)35(46)36(49-3)23-43(28-6-4-5-7-28)21-32(36)24-8-11-29(48-2)12-9-24/h8-13,18,25-26,28,31-32H,4-7,14-17,19-23H2,1-3H3,(H,44,45)/t26-,31+,32+,36+/m1/s1. The van der Waals surface area contributed by atoms with Gasteiger partial charge in [0.2, 0.25) is 0 Å². The quantitative estimate of drug-likeness (QED) is 0.344. The van der Waals surface area contributed by atoms with E-state index in [9.17, 15) is 27.9 Å². The van der Waals surface area contributed by atoms with Crippen molar-refractivity contribution in [2.24, 2.45) is 11.8 Å². The molecule has 12 heteroatoms. The molecule has 3 heterocycles. The summed E-state index contributed by atoms with van der Waals surface area (Å²) in [6.45, 7) is 2.83. The van der Waals surface area contributed by atoms with E-state index in [2.05, 4.69) is 4.90 Å². The number of carboxylic acids is 1. The third kappa shape index (κ3) is 7.01. The van der Waals surface area contributed by atoms with Crippen LogP contribution >= 0.6 is 0 Å². The predicted octanol–water partition coefficient (Wildman–Crippen LogP) is 5.63. The summed E-state index contributed by atoms with van der Waals surface area (Å²) in [6.07, 6.45) is 0.670. The van der Waals surface area contributed by atoms with E-state index >= 15 is 0 Å². The number of amides is 1. The molecule has 3 saturated heterocycles. The lowest BCUT2D eigenvalue weighted by atomic mass is 9.83. The number of methoxy groups -OCH3 is 3. The van der Waals surface area contributed by atoms with Gasteiger partial charge in [0, 0.05) is 83.0 Å². The number of rotatable bonds is 10. The van der Waals surface area contributed by atoms with Gasteiger partial charge in [-0.1, -0.05) is 31.0 Å². The summed E-state index contributed by atoms with van der Waals surface area (Å²) < 4.78 is 59.4. The van der Waals surface area contributed by atoms with Crippen LogP contribution in [-0.4, -0.2) is 106 Å². The highest BCUT2D eigenvalue weighted by Gasteiger charge is 2.57. The summed E-state index contributed by atoms with van der Waals surface area (Å²) in [6, 6.07) is 12.1. The van der Waals surface area contributed by atoms with Gasteiger partial charge in [0.25, 0.3) is 5.91 Å². The summed E-state index contributed by atoms with van der Waals surface area (Å²) in [5.74, 6) is -1.48. The summed E-state index contributed by atoms with van der Waals surface area (Å²) >= 11 is 0. The molecular formula is C37H48F3N3O6. The number of aliphatic carboxylic acids is 1. The van der Waals surface area contributed by atoms with Crippen molar-refractivity contribution in [1.29, 1.82) is 0 Å². The highest BCUT2D eigenvalue weighted by Crippen LogP contribution is 2.47. The summed E-state index contributed by atoms with van der Waals surface area (Å²) in [5, 5.41) is 9.53. The van der Waals surface area contributed by atoms with Gasteiger partial charge in [-0.3, -0.25) is 14.5 Å². The second kappa shape index (κ2) is 14.5. The first-order valence-corrected chi connectivity index (χ1v) is 17.4. The van der Waals surface area contributed by atoms with E-state index in [1.165, 1.54) is 6.07 Å². The van der Waals surface area contributed by atoms with Gasteiger partial charge < -0.3 is 29.1 Å². The Hall–Kier alpha value is -3.35. The fraction of sp³-hybridized carbons (Fsp3) is 0.622. The number of anilines is 1. The molecule has 49 heavy (non-hydrogen) atoms. The minimum absolute atomic E-state index is 0.115. The molecule has 0 spiro atoms. The zero-order valence-corrected chi connectivity index (χ0v) is 28.6. The van der Waals surface area contributed by atoms with Crippen LogP contribution in [0.5, 0.6) is 5.75 Å². The molecule has 1 aliphatic carbocycles. The number of alkyl halides is 3. The topological polar surface area (TPSA) is 91.8 Å². The van der Waals surface area contributed by atoms with E-state index < -0.39 is 29.2 Å². The molecular weight excluding hydrogens is 639 g/mol. The molecule has 2 aromatic rings. The van der Waals surface area contributed by atoms with Crippen molar-refractivity contribution in [3.05, 3.63) is 59.2 Å². The number of piperidine rings is 1. The van der Waals surface area contributed by atoms with E-state index in [0.29, 0.717) is 70.4 Å². The van der Waals surface area contributed by atoms with Crippen molar-refractivity contribution < 1.29 is 42.1 Å². The number of carbonyl (C=O) groups is 2. The second-order valence-electron chi connectivity index (χ2n) is 14.2. The molecule has 1 N–H and O–H groups in total. The van der Waals surface area contributed by atoms with Crippen LogP contribution in [0.15, 0.2) is 42.5 Å². The normalized spacial score (nSPS) is 27.3. The predicted molar refractivity (Wildman–Crippen MR) is 178 cm³/mol. The Labute approximate surface area is 286 Å². The smallest absolute Gasteiger partial charge is 0.416 e. The first-order valence-electron chi connectivity index (χ1n) is 17.4. The maximum atomic E-state index is 15.0. The number of nitrogens with zero attached hydrogens (tertiary/aromatic N) is 3. The highest BCUT2D eigenvalue weighted by molar-refractivity contribution is 5.88. The molecule has 4 fully saturated rings. The maximum Gasteiger partial charge on any atom is 0.416 e. The molecule has 6 rings (SSSR count). The Kier molecular flexibility index (Phi) is 10.5. The number of halogens is 3. The Bertz CT molecular complexity index is 1470. The van der Waals surface area contributed by atoms with Crippen molar-refractivity contribution in [3.8, 4) is 5.75 Å². The Morgan fingerprint density at radius 2 is 1.63 bits per heavy atom. The molecule has 2 aromatic carbocycles. The van der Waals surface area contributed by atoms with Gasteiger partial charge in [0.05, 0.1) is 25.2 Å². The van der Waals surface area contributed by atoms with Crippen molar-refractivity contribution in [2.45, 2.75) is 68.2 Å². The van der Waals surface area contributed by atoms with E-state index in [-0.39, 0.29) is 23.7 Å². The number of carbonyl (C=O) groups excluding carboxylic acids is 1. The SMILES string of the molecule is COC[C@H]1CN(C(=O)[C@]2(OC)CN(C3CCCC3)C[C@H]2c2ccc(OC)cc2)C[C@@H]1c1ccc(C(F)(F)F)cc1N1CCC(C(=O)O)CC1. The van der Waals surface area contributed by atoms with Crippen LogP contribution in [0, 0.1) is 11.8 Å². The largest absolute Gasteiger partial charge is 0.497 e. The van der Waals surface area contributed by atoms with E-state index in [1.54, 1.807) is 27.4 Å². The van der Waals surface area contributed by atoms with Crippen LogP contribution in [-0.2, 0) is 25.2 Å². The van der Waals surface area contributed by atoms with Crippen molar-refractivity contribution in [1.82, 2.24) is 9.80 Å². The van der Waals surface area contributed by atoms with Crippen LogP contribution < -0.4 is 9.64 Å². The number of ether oxygens (including phenoxy) is 3. The molecule has 9 nitrogen and oxygen atoms in total.